The Morgan fingerprint density at radius 3 is 2.69 bits per heavy atom. The van der Waals surface area contributed by atoms with Crippen molar-refractivity contribution in [3.8, 4) is 17.0 Å². The molecule has 1 aromatic heterocycles. The molecular formula is C12H13NO3. The molecule has 0 radical (unpaired) electrons. The second-order valence-electron chi connectivity index (χ2n) is 3.33. The lowest BCUT2D eigenvalue weighted by atomic mass is 10.2. The second kappa shape index (κ2) is 4.81. The first-order valence-corrected chi connectivity index (χ1v) is 5.03. The molecule has 16 heavy (non-hydrogen) atoms. The van der Waals surface area contributed by atoms with E-state index >= 15 is 0 Å². The Morgan fingerprint density at radius 1 is 1.31 bits per heavy atom. The van der Waals surface area contributed by atoms with Crippen LogP contribution in [0.5, 0.6) is 5.75 Å². The van der Waals surface area contributed by atoms with E-state index in [2.05, 4.69) is 4.98 Å². The molecule has 0 fully saturated rings. The Labute approximate surface area is 93.5 Å². The number of aromatic nitrogens is 1. The summed E-state index contributed by atoms with van der Waals surface area (Å²) in [5.74, 6) is 1.36. The third-order valence-electron chi connectivity index (χ3n) is 2.26. The molecule has 0 aliphatic rings. The monoisotopic (exact) mass is 219 g/mol. The fourth-order valence-electron chi connectivity index (χ4n) is 1.42. The predicted molar refractivity (Wildman–Crippen MR) is 59.3 cm³/mol. The fraction of sp³-hybridized carbons (Fsp3) is 0.250. The Balaban J connectivity index is 2.21. The quantitative estimate of drug-likeness (QED) is 0.853. The number of aliphatic hydroxyl groups is 1. The molecule has 2 rings (SSSR count). The highest BCUT2D eigenvalue weighted by atomic mass is 16.5. The summed E-state index contributed by atoms with van der Waals surface area (Å²) in [6.45, 7) is 0.0442. The van der Waals surface area contributed by atoms with E-state index in [1.54, 1.807) is 13.4 Å². The van der Waals surface area contributed by atoms with Gasteiger partial charge in [0.1, 0.15) is 17.7 Å². The minimum Gasteiger partial charge on any atom is -0.497 e. The van der Waals surface area contributed by atoms with Crippen LogP contribution in [0.2, 0.25) is 0 Å². The predicted octanol–water partition coefficient (Wildman–Crippen LogP) is 1.89. The summed E-state index contributed by atoms with van der Waals surface area (Å²) >= 11 is 0. The topological polar surface area (TPSA) is 55.5 Å². The van der Waals surface area contributed by atoms with Crippen molar-refractivity contribution >= 4 is 0 Å². The normalized spacial score (nSPS) is 10.4. The summed E-state index contributed by atoms with van der Waals surface area (Å²) in [5.41, 5.74) is 1.74. The first-order chi connectivity index (χ1) is 7.83. The van der Waals surface area contributed by atoms with E-state index in [4.69, 9.17) is 14.3 Å². The van der Waals surface area contributed by atoms with Crippen LogP contribution in [-0.2, 0) is 6.42 Å². The first-order valence-electron chi connectivity index (χ1n) is 5.03. The fourth-order valence-corrected chi connectivity index (χ4v) is 1.42. The maximum Gasteiger partial charge on any atom is 0.196 e. The molecule has 0 saturated carbocycles. The van der Waals surface area contributed by atoms with Gasteiger partial charge in [-0.15, -0.1) is 0 Å². The molecular weight excluding hydrogens is 206 g/mol. The molecule has 4 nitrogen and oxygen atoms in total. The lowest BCUT2D eigenvalue weighted by Crippen LogP contribution is -1.90. The summed E-state index contributed by atoms with van der Waals surface area (Å²) in [7, 11) is 1.63. The van der Waals surface area contributed by atoms with Crippen molar-refractivity contribution in [2.24, 2.45) is 0 Å². The van der Waals surface area contributed by atoms with Gasteiger partial charge in [-0.3, -0.25) is 0 Å². The van der Waals surface area contributed by atoms with Crippen LogP contribution in [0.25, 0.3) is 11.3 Å². The summed E-state index contributed by atoms with van der Waals surface area (Å²) < 4.78 is 10.3. The highest BCUT2D eigenvalue weighted by Gasteiger charge is 2.05. The third-order valence-corrected chi connectivity index (χ3v) is 2.26. The molecule has 2 aromatic rings. The highest BCUT2D eigenvalue weighted by molar-refractivity contribution is 5.58. The Bertz CT molecular complexity index is 448. The number of ether oxygens (including phenoxy) is 1. The molecule has 4 heteroatoms. The number of benzene rings is 1. The maximum atomic E-state index is 8.75. The lowest BCUT2D eigenvalue weighted by molar-refractivity contribution is 0.285. The highest BCUT2D eigenvalue weighted by Crippen LogP contribution is 2.21. The van der Waals surface area contributed by atoms with Gasteiger partial charge in [0, 0.05) is 12.0 Å². The van der Waals surface area contributed by atoms with Gasteiger partial charge < -0.3 is 14.3 Å². The zero-order chi connectivity index (χ0) is 11.4. The minimum absolute atomic E-state index is 0.0442. The second-order valence-corrected chi connectivity index (χ2v) is 3.33. The van der Waals surface area contributed by atoms with E-state index in [0.717, 1.165) is 17.0 Å². The van der Waals surface area contributed by atoms with Crippen molar-refractivity contribution in [3.05, 3.63) is 36.4 Å². The van der Waals surface area contributed by atoms with Crippen molar-refractivity contribution in [2.45, 2.75) is 6.42 Å². The summed E-state index contributed by atoms with van der Waals surface area (Å²) in [4.78, 5) is 4.26. The van der Waals surface area contributed by atoms with Crippen LogP contribution in [0.15, 0.2) is 34.9 Å². The molecule has 0 aliphatic heterocycles. The van der Waals surface area contributed by atoms with Gasteiger partial charge >= 0.3 is 0 Å². The molecule has 0 spiro atoms. The number of aliphatic hydroxyl groups excluding tert-OH is 1. The SMILES string of the molecule is COc1ccc(-c2coc(CCO)n2)cc1. The average molecular weight is 219 g/mol. The number of hydrogen-bond acceptors (Lipinski definition) is 4. The van der Waals surface area contributed by atoms with Gasteiger partial charge in [0.05, 0.1) is 13.7 Å². The van der Waals surface area contributed by atoms with Crippen LogP contribution in [-0.4, -0.2) is 23.8 Å². The van der Waals surface area contributed by atoms with Crippen LogP contribution in [0, 0.1) is 0 Å². The van der Waals surface area contributed by atoms with Crippen molar-refractivity contribution in [1.82, 2.24) is 4.98 Å². The molecule has 0 bridgehead atoms. The molecule has 84 valence electrons. The van der Waals surface area contributed by atoms with Gasteiger partial charge in [-0.05, 0) is 24.3 Å². The van der Waals surface area contributed by atoms with E-state index in [-0.39, 0.29) is 6.61 Å². The van der Waals surface area contributed by atoms with Gasteiger partial charge in [-0.2, -0.15) is 0 Å². The smallest absolute Gasteiger partial charge is 0.196 e. The van der Waals surface area contributed by atoms with Crippen molar-refractivity contribution in [3.63, 3.8) is 0 Å². The number of oxazole rings is 1. The Hall–Kier alpha value is -1.81. The minimum atomic E-state index is 0.0442. The largest absolute Gasteiger partial charge is 0.497 e. The van der Waals surface area contributed by atoms with E-state index in [1.807, 2.05) is 24.3 Å². The maximum absolute atomic E-state index is 8.75. The number of rotatable bonds is 4. The first kappa shape index (κ1) is 10.7. The van der Waals surface area contributed by atoms with Crippen molar-refractivity contribution in [2.75, 3.05) is 13.7 Å². The van der Waals surface area contributed by atoms with E-state index in [9.17, 15) is 0 Å². The number of hydrogen-bond donors (Lipinski definition) is 1. The van der Waals surface area contributed by atoms with Gasteiger partial charge in [0.25, 0.3) is 0 Å². The van der Waals surface area contributed by atoms with Gasteiger partial charge in [-0.1, -0.05) is 0 Å². The van der Waals surface area contributed by atoms with Crippen molar-refractivity contribution < 1.29 is 14.3 Å². The number of methoxy groups -OCH3 is 1. The number of nitrogens with zero attached hydrogens (tertiary/aromatic N) is 1. The molecule has 1 heterocycles. The summed E-state index contributed by atoms with van der Waals surface area (Å²) in [5, 5.41) is 8.75. The molecule has 1 aromatic carbocycles. The molecule has 0 unspecified atom stereocenters. The van der Waals surface area contributed by atoms with E-state index in [1.165, 1.54) is 0 Å². The molecule has 0 amide bonds. The Morgan fingerprint density at radius 2 is 2.06 bits per heavy atom. The summed E-state index contributed by atoms with van der Waals surface area (Å²) in [6, 6.07) is 7.57. The van der Waals surface area contributed by atoms with Crippen LogP contribution < -0.4 is 4.74 Å². The van der Waals surface area contributed by atoms with Crippen molar-refractivity contribution in [1.29, 1.82) is 0 Å². The van der Waals surface area contributed by atoms with Gasteiger partial charge in [0.15, 0.2) is 5.89 Å². The zero-order valence-corrected chi connectivity index (χ0v) is 9.01. The van der Waals surface area contributed by atoms with Crippen LogP contribution in [0.4, 0.5) is 0 Å². The molecule has 0 aliphatic carbocycles. The van der Waals surface area contributed by atoms with E-state index < -0.39 is 0 Å². The van der Waals surface area contributed by atoms with E-state index in [0.29, 0.717) is 12.3 Å². The third kappa shape index (κ3) is 2.23. The Kier molecular flexibility index (Phi) is 3.22. The van der Waals surface area contributed by atoms with Crippen LogP contribution >= 0.6 is 0 Å². The molecule has 0 atom stereocenters. The lowest BCUT2D eigenvalue weighted by Gasteiger charge is -1.99. The van der Waals surface area contributed by atoms with Crippen LogP contribution in [0.1, 0.15) is 5.89 Å². The van der Waals surface area contributed by atoms with Gasteiger partial charge in [-0.25, -0.2) is 4.98 Å². The average Bonchev–Trinajstić information content (AvgIpc) is 2.78. The van der Waals surface area contributed by atoms with Gasteiger partial charge in [0.2, 0.25) is 0 Å². The van der Waals surface area contributed by atoms with Crippen LogP contribution in [0.3, 0.4) is 0 Å². The standard InChI is InChI=1S/C12H13NO3/c1-15-10-4-2-9(3-5-10)11-8-16-12(13-11)6-7-14/h2-5,8,14H,6-7H2,1H3. The zero-order valence-electron chi connectivity index (χ0n) is 9.01. The molecule has 1 N–H and O–H groups in total. The summed E-state index contributed by atoms with van der Waals surface area (Å²) in [6.07, 6.45) is 2.03. The molecule has 0 saturated heterocycles.